The monoisotopic (exact) mass is 273 g/mol. The minimum absolute atomic E-state index is 0.118. The van der Waals surface area contributed by atoms with E-state index < -0.39 is 0 Å². The highest BCUT2D eigenvalue weighted by atomic mass is 32.1. The van der Waals surface area contributed by atoms with Gasteiger partial charge < -0.3 is 10.6 Å². The molecule has 1 heterocycles. The van der Waals surface area contributed by atoms with E-state index in [1.54, 1.807) is 11.3 Å². The molecule has 0 spiro atoms. The Kier molecular flexibility index (Phi) is 4.22. The molecule has 19 heavy (non-hydrogen) atoms. The zero-order chi connectivity index (χ0) is 13.8. The van der Waals surface area contributed by atoms with Gasteiger partial charge >= 0.3 is 0 Å². The van der Waals surface area contributed by atoms with Crippen LogP contribution in [-0.4, -0.2) is 11.9 Å². The molecule has 0 saturated heterocycles. The maximum atomic E-state index is 7.71. The van der Waals surface area contributed by atoms with E-state index in [2.05, 4.69) is 36.3 Å². The van der Waals surface area contributed by atoms with Crippen LogP contribution in [-0.2, 0) is 6.54 Å². The van der Waals surface area contributed by atoms with Gasteiger partial charge in [-0.25, -0.2) is 0 Å². The second-order valence-electron chi connectivity index (χ2n) is 4.73. The van der Waals surface area contributed by atoms with Crippen molar-refractivity contribution in [1.82, 2.24) is 0 Å². The highest BCUT2D eigenvalue weighted by molar-refractivity contribution is 7.09. The number of nitrogen functional groups attached to an aromatic ring is 1. The van der Waals surface area contributed by atoms with E-state index in [0.29, 0.717) is 6.04 Å². The van der Waals surface area contributed by atoms with Gasteiger partial charge in [0.05, 0.1) is 6.54 Å². The predicted molar refractivity (Wildman–Crippen MR) is 83.1 cm³/mol. The van der Waals surface area contributed by atoms with E-state index in [-0.39, 0.29) is 5.84 Å². The first-order valence-corrected chi connectivity index (χ1v) is 7.20. The number of nitrogens with one attached hydrogen (secondary N) is 1. The van der Waals surface area contributed by atoms with E-state index in [0.717, 1.165) is 17.8 Å². The van der Waals surface area contributed by atoms with E-state index in [4.69, 9.17) is 11.1 Å². The van der Waals surface area contributed by atoms with Crippen LogP contribution in [0.5, 0.6) is 0 Å². The Hall–Kier alpha value is -1.81. The number of anilines is 1. The third-order valence-corrected chi connectivity index (χ3v) is 3.89. The Balaban J connectivity index is 2.36. The summed E-state index contributed by atoms with van der Waals surface area (Å²) >= 11 is 1.75. The highest BCUT2D eigenvalue weighted by Gasteiger charge is 2.16. The molecule has 0 saturated carbocycles. The molecule has 2 rings (SSSR count). The SMILES string of the molecule is CC(C)N(Cc1cccs1)c1ccccc1C(=N)N. The van der Waals surface area contributed by atoms with Crippen molar-refractivity contribution in [3.63, 3.8) is 0 Å². The maximum Gasteiger partial charge on any atom is 0.124 e. The summed E-state index contributed by atoms with van der Waals surface area (Å²) in [7, 11) is 0. The van der Waals surface area contributed by atoms with Gasteiger partial charge in [-0.3, -0.25) is 5.41 Å². The minimum atomic E-state index is 0.118. The van der Waals surface area contributed by atoms with E-state index in [1.165, 1.54) is 4.88 Å². The Bertz CT molecular complexity index is 546. The summed E-state index contributed by atoms with van der Waals surface area (Å²) in [6, 6.07) is 12.4. The number of thiophene rings is 1. The molecule has 0 atom stereocenters. The Morgan fingerprint density at radius 2 is 2.00 bits per heavy atom. The number of rotatable bonds is 5. The minimum Gasteiger partial charge on any atom is -0.384 e. The molecular formula is C15H19N3S. The van der Waals surface area contributed by atoms with Gasteiger partial charge in [0.1, 0.15) is 5.84 Å². The lowest BCUT2D eigenvalue weighted by Crippen LogP contribution is -2.32. The number of nitrogens with zero attached hydrogens (tertiary/aromatic N) is 1. The third-order valence-electron chi connectivity index (χ3n) is 3.03. The van der Waals surface area contributed by atoms with Crippen LogP contribution in [0.25, 0.3) is 0 Å². The van der Waals surface area contributed by atoms with Crippen molar-refractivity contribution in [3.8, 4) is 0 Å². The molecule has 1 aromatic heterocycles. The van der Waals surface area contributed by atoms with Gasteiger partial charge in [-0.15, -0.1) is 11.3 Å². The van der Waals surface area contributed by atoms with E-state index >= 15 is 0 Å². The summed E-state index contributed by atoms with van der Waals surface area (Å²) in [5.74, 6) is 0.118. The molecule has 2 aromatic rings. The number of para-hydroxylation sites is 1. The molecule has 0 bridgehead atoms. The molecule has 1 aromatic carbocycles. The fraction of sp³-hybridized carbons (Fsp3) is 0.267. The van der Waals surface area contributed by atoms with Gasteiger partial charge in [0.2, 0.25) is 0 Å². The number of benzene rings is 1. The van der Waals surface area contributed by atoms with Crippen molar-refractivity contribution >= 4 is 22.9 Å². The Morgan fingerprint density at radius 1 is 1.26 bits per heavy atom. The van der Waals surface area contributed by atoms with Crippen LogP contribution in [0.15, 0.2) is 41.8 Å². The van der Waals surface area contributed by atoms with Crippen molar-refractivity contribution in [2.45, 2.75) is 26.4 Å². The van der Waals surface area contributed by atoms with Crippen molar-refractivity contribution in [2.75, 3.05) is 4.90 Å². The molecule has 0 aliphatic carbocycles. The second-order valence-corrected chi connectivity index (χ2v) is 5.76. The average Bonchev–Trinajstić information content (AvgIpc) is 2.88. The first-order valence-electron chi connectivity index (χ1n) is 6.32. The molecule has 0 radical (unpaired) electrons. The van der Waals surface area contributed by atoms with Crippen LogP contribution in [0.4, 0.5) is 5.69 Å². The first-order chi connectivity index (χ1) is 9.09. The van der Waals surface area contributed by atoms with Crippen LogP contribution >= 0.6 is 11.3 Å². The summed E-state index contributed by atoms with van der Waals surface area (Å²) < 4.78 is 0. The zero-order valence-electron chi connectivity index (χ0n) is 11.3. The molecule has 0 aliphatic rings. The van der Waals surface area contributed by atoms with Gasteiger partial charge in [-0.1, -0.05) is 18.2 Å². The molecule has 3 nitrogen and oxygen atoms in total. The predicted octanol–water partition coefficient (Wildman–Crippen LogP) is 3.45. The van der Waals surface area contributed by atoms with Crippen LogP contribution in [0.2, 0.25) is 0 Å². The fourth-order valence-electron chi connectivity index (χ4n) is 2.07. The van der Waals surface area contributed by atoms with E-state index in [1.807, 2.05) is 24.3 Å². The standard InChI is InChI=1S/C15H19N3S/c1-11(2)18(10-12-6-5-9-19-12)14-8-4-3-7-13(14)15(16)17/h3-9,11H,10H2,1-2H3,(H3,16,17). The van der Waals surface area contributed by atoms with Crippen LogP contribution in [0.3, 0.4) is 0 Å². The van der Waals surface area contributed by atoms with Crippen molar-refractivity contribution in [3.05, 3.63) is 52.2 Å². The van der Waals surface area contributed by atoms with Crippen molar-refractivity contribution < 1.29 is 0 Å². The Labute approximate surface area is 118 Å². The lowest BCUT2D eigenvalue weighted by molar-refractivity contribution is 0.686. The topological polar surface area (TPSA) is 53.1 Å². The van der Waals surface area contributed by atoms with Gasteiger partial charge in [-0.05, 0) is 37.4 Å². The Morgan fingerprint density at radius 3 is 2.58 bits per heavy atom. The number of amidine groups is 1. The maximum absolute atomic E-state index is 7.71. The zero-order valence-corrected chi connectivity index (χ0v) is 12.1. The van der Waals surface area contributed by atoms with Gasteiger partial charge in [0, 0.05) is 22.2 Å². The number of hydrogen-bond donors (Lipinski definition) is 2. The summed E-state index contributed by atoms with van der Waals surface area (Å²) in [6.45, 7) is 5.16. The quantitative estimate of drug-likeness (QED) is 0.647. The number of hydrogen-bond acceptors (Lipinski definition) is 3. The lowest BCUT2D eigenvalue weighted by Gasteiger charge is -2.30. The van der Waals surface area contributed by atoms with Crippen LogP contribution in [0, 0.1) is 5.41 Å². The third kappa shape index (κ3) is 3.15. The second kappa shape index (κ2) is 5.89. The molecule has 0 fully saturated rings. The van der Waals surface area contributed by atoms with E-state index in [9.17, 15) is 0 Å². The van der Waals surface area contributed by atoms with Gasteiger partial charge in [0.15, 0.2) is 0 Å². The summed E-state index contributed by atoms with van der Waals surface area (Å²) in [5, 5.41) is 9.80. The lowest BCUT2D eigenvalue weighted by atomic mass is 10.1. The van der Waals surface area contributed by atoms with Crippen molar-refractivity contribution in [1.29, 1.82) is 5.41 Å². The first kappa shape index (κ1) is 13.6. The molecule has 3 N–H and O–H groups in total. The summed E-state index contributed by atoms with van der Waals surface area (Å²) in [6.07, 6.45) is 0. The molecular weight excluding hydrogens is 254 g/mol. The molecule has 0 amide bonds. The van der Waals surface area contributed by atoms with Gasteiger partial charge in [-0.2, -0.15) is 0 Å². The van der Waals surface area contributed by atoms with Crippen molar-refractivity contribution in [2.24, 2.45) is 5.73 Å². The largest absolute Gasteiger partial charge is 0.384 e. The highest BCUT2D eigenvalue weighted by Crippen LogP contribution is 2.25. The molecule has 0 unspecified atom stereocenters. The number of nitrogens with two attached hydrogens (primary N) is 1. The molecule has 0 aliphatic heterocycles. The van der Waals surface area contributed by atoms with Crippen LogP contribution < -0.4 is 10.6 Å². The molecule has 4 heteroatoms. The molecule has 100 valence electrons. The van der Waals surface area contributed by atoms with Crippen LogP contribution in [0.1, 0.15) is 24.3 Å². The average molecular weight is 273 g/mol. The smallest absolute Gasteiger partial charge is 0.124 e. The summed E-state index contributed by atoms with van der Waals surface area (Å²) in [5.41, 5.74) is 7.51. The fourth-order valence-corrected chi connectivity index (χ4v) is 2.77. The van der Waals surface area contributed by atoms with Gasteiger partial charge in [0.25, 0.3) is 0 Å². The summed E-state index contributed by atoms with van der Waals surface area (Å²) in [4.78, 5) is 3.59. The normalized spacial score (nSPS) is 10.7.